The van der Waals surface area contributed by atoms with Crippen molar-refractivity contribution < 1.29 is 40.6 Å². The zero-order chi connectivity index (χ0) is 32.1. The summed E-state index contributed by atoms with van der Waals surface area (Å²) in [7, 11) is 35.4. The molecule has 0 saturated heterocycles. The molecular weight excluding hydrogens is 576 g/mol. The number of hydrogen-bond donors (Lipinski definition) is 1. The van der Waals surface area contributed by atoms with Crippen molar-refractivity contribution in [2.24, 2.45) is 0 Å². The largest absolute Gasteiger partial charge is 0.485 e. The number of rotatable bonds is 8. The lowest BCUT2D eigenvalue weighted by Crippen LogP contribution is -2.63. The van der Waals surface area contributed by atoms with Crippen molar-refractivity contribution in [1.29, 1.82) is 0 Å². The maximum atomic E-state index is 16.3. The van der Waals surface area contributed by atoms with Crippen molar-refractivity contribution >= 4 is 68.9 Å². The molecule has 0 fully saturated rings. The first-order valence-corrected chi connectivity index (χ1v) is 11.6. The summed E-state index contributed by atoms with van der Waals surface area (Å²) in [5, 5.41) is 18.1. The van der Waals surface area contributed by atoms with Crippen LogP contribution in [0.3, 0.4) is 0 Å². The monoisotopic (exact) mass is 587 g/mol. The minimum atomic E-state index is -4.75. The second-order valence-corrected chi connectivity index (χ2v) is 9.18. The fourth-order valence-corrected chi connectivity index (χ4v) is 4.25. The molecule has 20 heteroatoms. The van der Waals surface area contributed by atoms with E-state index in [1.165, 1.54) is 0 Å². The number of aromatic nitrogens is 5. The third-order valence-corrected chi connectivity index (χ3v) is 6.45. The van der Waals surface area contributed by atoms with E-state index in [0.717, 1.165) is 12.3 Å². The minimum Gasteiger partial charge on any atom is -0.485 e. The average molecular weight is 586 g/mol. The lowest BCUT2D eigenvalue weighted by Gasteiger charge is -2.47. The molecule has 0 spiro atoms. The SMILES string of the molecule is [B]c1c([B])c(-c2ccc(C(F)(F)C(O)(c3ccc(F)cc3F)C([B])([B])n3cnnn3)nc2)c([B])c([B])c1OCC(F)(F)F. The highest BCUT2D eigenvalue weighted by atomic mass is 19.4. The van der Waals surface area contributed by atoms with E-state index in [1.807, 2.05) is 0 Å². The summed E-state index contributed by atoms with van der Waals surface area (Å²) in [4.78, 5) is 3.64. The smallest absolute Gasteiger partial charge is 0.422 e. The van der Waals surface area contributed by atoms with Crippen molar-refractivity contribution in [3.63, 3.8) is 0 Å². The Labute approximate surface area is 247 Å². The first-order chi connectivity index (χ1) is 19.8. The summed E-state index contributed by atoms with van der Waals surface area (Å²) in [6.45, 7) is -1.77. The van der Waals surface area contributed by atoms with Gasteiger partial charge in [0.2, 0.25) is 0 Å². The van der Waals surface area contributed by atoms with E-state index in [-0.39, 0.29) is 17.2 Å². The van der Waals surface area contributed by atoms with Gasteiger partial charge in [-0.2, -0.15) is 22.0 Å². The Morgan fingerprint density at radius 1 is 0.884 bits per heavy atom. The highest BCUT2D eigenvalue weighted by Gasteiger charge is 2.65. The molecule has 1 N–H and O–H groups in total. The second-order valence-electron chi connectivity index (χ2n) is 9.18. The van der Waals surface area contributed by atoms with Gasteiger partial charge in [0.15, 0.2) is 12.2 Å². The number of hydrogen-bond acceptors (Lipinski definition) is 6. The van der Waals surface area contributed by atoms with Crippen LogP contribution in [0.2, 0.25) is 0 Å². The highest BCUT2D eigenvalue weighted by molar-refractivity contribution is 6.61. The van der Waals surface area contributed by atoms with Gasteiger partial charge in [-0.15, -0.1) is 5.10 Å². The normalized spacial score (nSPS) is 14.0. The van der Waals surface area contributed by atoms with E-state index in [4.69, 9.17) is 47.1 Å². The lowest BCUT2D eigenvalue weighted by atomic mass is 9.49. The van der Waals surface area contributed by atoms with Gasteiger partial charge in [0.05, 0.1) is 15.7 Å². The molecule has 0 aliphatic heterocycles. The molecule has 2 aromatic carbocycles. The number of halogens is 7. The number of benzene rings is 2. The molecule has 7 nitrogen and oxygen atoms in total. The predicted octanol–water partition coefficient (Wildman–Crippen LogP) is -1.24. The van der Waals surface area contributed by atoms with Crippen LogP contribution in [-0.4, -0.2) is 90.2 Å². The van der Waals surface area contributed by atoms with Gasteiger partial charge in [0.1, 0.15) is 60.8 Å². The molecule has 2 aromatic heterocycles. The van der Waals surface area contributed by atoms with Gasteiger partial charge in [-0.25, -0.2) is 13.5 Å². The maximum absolute atomic E-state index is 16.3. The minimum absolute atomic E-state index is 0.112. The van der Waals surface area contributed by atoms with Crippen LogP contribution in [0, 0.1) is 11.6 Å². The molecule has 1 unspecified atom stereocenters. The molecule has 4 aromatic rings. The van der Waals surface area contributed by atoms with Gasteiger partial charge >= 0.3 is 12.1 Å². The number of aliphatic hydroxyl groups is 1. The van der Waals surface area contributed by atoms with Crippen molar-refractivity contribution in [1.82, 2.24) is 25.2 Å². The molecule has 0 bridgehead atoms. The fourth-order valence-electron chi connectivity index (χ4n) is 4.25. The Balaban J connectivity index is 1.84. The standard InChI is InChI=1S/C23H10B6F7N5O2/c24-15-14(16(25)18(27)19(17(15)26)43-7-20(32,33)34)9-1-4-13(37-6-9)22(35,36)21(42,11-3-2-10(30)5-12(11)31)23(28,29)41-8-38-39-40-41/h1-6,8,42H,7H2. The van der Waals surface area contributed by atoms with Crippen LogP contribution in [0.1, 0.15) is 11.3 Å². The van der Waals surface area contributed by atoms with Crippen LogP contribution in [0.4, 0.5) is 30.7 Å². The molecule has 1 atom stereocenters. The molecule has 206 valence electrons. The van der Waals surface area contributed by atoms with Crippen molar-refractivity contribution in [3.05, 3.63) is 65.7 Å². The maximum Gasteiger partial charge on any atom is 0.422 e. The molecule has 0 amide bonds. The number of tetrazole rings is 1. The van der Waals surface area contributed by atoms with Gasteiger partial charge in [-0.1, -0.05) is 34.0 Å². The van der Waals surface area contributed by atoms with Gasteiger partial charge in [0, 0.05) is 23.2 Å². The van der Waals surface area contributed by atoms with Gasteiger partial charge in [-0.05, 0) is 33.7 Å². The first kappa shape index (κ1) is 32.2. The quantitative estimate of drug-likeness (QED) is 0.206. The predicted molar refractivity (Wildman–Crippen MR) is 144 cm³/mol. The summed E-state index contributed by atoms with van der Waals surface area (Å²) >= 11 is 0. The molecule has 12 radical (unpaired) electrons. The molecule has 2 heterocycles. The van der Waals surface area contributed by atoms with E-state index in [0.29, 0.717) is 29.2 Å². The Kier molecular flexibility index (Phi) is 8.33. The zero-order valence-electron chi connectivity index (χ0n) is 21.4. The van der Waals surface area contributed by atoms with Crippen LogP contribution in [0.15, 0.2) is 42.9 Å². The zero-order valence-corrected chi connectivity index (χ0v) is 21.4. The van der Waals surface area contributed by atoms with Crippen LogP contribution in [0.25, 0.3) is 11.1 Å². The average Bonchev–Trinajstić information content (AvgIpc) is 3.47. The van der Waals surface area contributed by atoms with Crippen molar-refractivity contribution in [2.45, 2.75) is 23.0 Å². The molecule has 4 rings (SSSR count). The van der Waals surface area contributed by atoms with Crippen molar-refractivity contribution in [2.75, 3.05) is 6.61 Å². The Morgan fingerprint density at radius 2 is 1.51 bits per heavy atom. The van der Waals surface area contributed by atoms with Crippen LogP contribution in [-0.2, 0) is 16.9 Å². The number of alkyl halides is 5. The summed E-state index contributed by atoms with van der Waals surface area (Å²) in [6, 6.07) is 2.90. The summed E-state index contributed by atoms with van der Waals surface area (Å²) in [5.41, 5.74) is -8.64. The molecule has 43 heavy (non-hydrogen) atoms. The van der Waals surface area contributed by atoms with Crippen LogP contribution in [0.5, 0.6) is 5.75 Å². The number of nitrogens with zero attached hydrogens (tertiary/aromatic N) is 5. The Morgan fingerprint density at radius 3 is 2.00 bits per heavy atom. The lowest BCUT2D eigenvalue weighted by molar-refractivity contribution is -0.220. The fraction of sp³-hybridized carbons (Fsp3) is 0.217. The third-order valence-electron chi connectivity index (χ3n) is 6.45. The third kappa shape index (κ3) is 5.45. The van der Waals surface area contributed by atoms with E-state index >= 15 is 8.78 Å². The van der Waals surface area contributed by atoms with Gasteiger partial charge in [-0.3, -0.25) is 4.98 Å². The van der Waals surface area contributed by atoms with E-state index in [2.05, 4.69) is 25.2 Å². The summed E-state index contributed by atoms with van der Waals surface area (Å²) < 4.78 is 104. The Bertz CT molecular complexity index is 1630. The number of pyridine rings is 1. The van der Waals surface area contributed by atoms with Crippen LogP contribution < -0.4 is 26.6 Å². The second kappa shape index (κ2) is 11.1. The van der Waals surface area contributed by atoms with Gasteiger partial charge in [0.25, 0.3) is 0 Å². The first-order valence-electron chi connectivity index (χ1n) is 11.6. The van der Waals surface area contributed by atoms with Gasteiger partial charge < -0.3 is 9.84 Å². The summed E-state index contributed by atoms with van der Waals surface area (Å²) in [6.07, 6.45) is -3.31. The Hall–Kier alpha value is -3.68. The highest BCUT2D eigenvalue weighted by Crippen LogP contribution is 2.52. The van der Waals surface area contributed by atoms with Crippen molar-refractivity contribution in [3.8, 4) is 16.9 Å². The van der Waals surface area contributed by atoms with E-state index < -0.39 is 80.1 Å². The molecule has 0 aliphatic carbocycles. The summed E-state index contributed by atoms with van der Waals surface area (Å²) in [5.74, 6) is -8.14. The molecule has 0 saturated carbocycles. The molecule has 0 aliphatic rings. The van der Waals surface area contributed by atoms with E-state index in [9.17, 15) is 27.1 Å². The van der Waals surface area contributed by atoms with E-state index in [1.54, 1.807) is 0 Å². The van der Waals surface area contributed by atoms with Crippen LogP contribution >= 0.6 is 0 Å². The topological polar surface area (TPSA) is 86.0 Å². The number of ether oxygens (including phenoxy) is 1. The molecular formula is C23H10B6F7N5O2.